The van der Waals surface area contributed by atoms with Crippen molar-refractivity contribution in [2.24, 2.45) is 0 Å². The SMILES string of the molecule is COCCN(CCCl)C(=O)c1ccc(=O)[nH]n1. The fourth-order valence-corrected chi connectivity index (χ4v) is 1.45. The lowest BCUT2D eigenvalue weighted by Crippen LogP contribution is -2.36. The Morgan fingerprint density at radius 2 is 2.29 bits per heavy atom. The number of nitrogens with one attached hydrogen (secondary N) is 1. The maximum Gasteiger partial charge on any atom is 0.274 e. The van der Waals surface area contributed by atoms with Gasteiger partial charge in [0, 0.05) is 32.1 Å². The van der Waals surface area contributed by atoms with Crippen molar-refractivity contribution in [1.29, 1.82) is 0 Å². The number of carbonyl (C=O) groups is 1. The molecule has 1 rings (SSSR count). The van der Waals surface area contributed by atoms with Crippen LogP contribution in [0.1, 0.15) is 10.5 Å². The van der Waals surface area contributed by atoms with Crippen LogP contribution in [-0.2, 0) is 4.74 Å². The summed E-state index contributed by atoms with van der Waals surface area (Å²) in [6, 6.07) is 2.64. The van der Waals surface area contributed by atoms with Crippen molar-refractivity contribution < 1.29 is 9.53 Å². The van der Waals surface area contributed by atoms with Gasteiger partial charge in [0.2, 0.25) is 0 Å². The molecule has 0 unspecified atom stereocenters. The molecule has 1 amide bonds. The summed E-state index contributed by atoms with van der Waals surface area (Å²) >= 11 is 5.62. The zero-order chi connectivity index (χ0) is 12.7. The number of amides is 1. The molecule has 0 fully saturated rings. The number of aromatic amines is 1. The average Bonchev–Trinajstić information content (AvgIpc) is 2.34. The van der Waals surface area contributed by atoms with Crippen LogP contribution >= 0.6 is 11.6 Å². The molecule has 0 aliphatic carbocycles. The van der Waals surface area contributed by atoms with Crippen LogP contribution < -0.4 is 5.56 Å². The molecular formula is C10H14ClN3O3. The Kier molecular flexibility index (Phi) is 5.65. The van der Waals surface area contributed by atoms with Gasteiger partial charge in [-0.1, -0.05) is 0 Å². The van der Waals surface area contributed by atoms with Crippen LogP contribution in [0.5, 0.6) is 0 Å². The van der Waals surface area contributed by atoms with E-state index in [0.29, 0.717) is 25.6 Å². The van der Waals surface area contributed by atoms with E-state index in [4.69, 9.17) is 16.3 Å². The monoisotopic (exact) mass is 259 g/mol. The lowest BCUT2D eigenvalue weighted by atomic mass is 10.3. The fraction of sp³-hybridized carbons (Fsp3) is 0.500. The van der Waals surface area contributed by atoms with Crippen LogP contribution in [0.15, 0.2) is 16.9 Å². The molecule has 0 saturated heterocycles. The van der Waals surface area contributed by atoms with Crippen LogP contribution in [0, 0.1) is 0 Å². The maximum absolute atomic E-state index is 12.0. The van der Waals surface area contributed by atoms with Crippen molar-refractivity contribution in [1.82, 2.24) is 15.1 Å². The first-order valence-electron chi connectivity index (χ1n) is 5.09. The summed E-state index contributed by atoms with van der Waals surface area (Å²) < 4.78 is 4.91. The summed E-state index contributed by atoms with van der Waals surface area (Å²) in [6.07, 6.45) is 0. The van der Waals surface area contributed by atoms with Crippen LogP contribution in [0.2, 0.25) is 0 Å². The van der Waals surface area contributed by atoms with E-state index in [1.807, 2.05) is 0 Å². The van der Waals surface area contributed by atoms with Gasteiger partial charge in [0.15, 0.2) is 0 Å². The largest absolute Gasteiger partial charge is 0.383 e. The number of methoxy groups -OCH3 is 1. The highest BCUT2D eigenvalue weighted by molar-refractivity contribution is 6.18. The van der Waals surface area contributed by atoms with E-state index in [9.17, 15) is 9.59 Å². The number of aromatic nitrogens is 2. The lowest BCUT2D eigenvalue weighted by Gasteiger charge is -2.20. The van der Waals surface area contributed by atoms with Crippen molar-refractivity contribution in [3.8, 4) is 0 Å². The quantitative estimate of drug-likeness (QED) is 0.735. The zero-order valence-electron chi connectivity index (χ0n) is 9.48. The molecule has 0 saturated carbocycles. The van der Waals surface area contributed by atoms with Crippen molar-refractivity contribution in [3.63, 3.8) is 0 Å². The van der Waals surface area contributed by atoms with Gasteiger partial charge in [-0.2, -0.15) is 5.10 Å². The van der Waals surface area contributed by atoms with E-state index >= 15 is 0 Å². The van der Waals surface area contributed by atoms with Crippen LogP contribution in [0.3, 0.4) is 0 Å². The summed E-state index contributed by atoms with van der Waals surface area (Å²) in [4.78, 5) is 24.3. The summed E-state index contributed by atoms with van der Waals surface area (Å²) in [6.45, 7) is 1.26. The topological polar surface area (TPSA) is 75.3 Å². The smallest absolute Gasteiger partial charge is 0.274 e. The standard InChI is InChI=1S/C10H14ClN3O3/c1-17-7-6-14(5-4-11)10(16)8-2-3-9(15)13-12-8/h2-3H,4-7H2,1H3,(H,13,15). The highest BCUT2D eigenvalue weighted by Crippen LogP contribution is 2.00. The molecule has 0 aliphatic heterocycles. The Morgan fingerprint density at radius 3 is 2.82 bits per heavy atom. The molecule has 6 nitrogen and oxygen atoms in total. The molecule has 1 aromatic heterocycles. The van der Waals surface area contributed by atoms with Gasteiger partial charge in [-0.05, 0) is 6.07 Å². The van der Waals surface area contributed by atoms with E-state index in [-0.39, 0.29) is 17.2 Å². The van der Waals surface area contributed by atoms with E-state index in [0.717, 1.165) is 0 Å². The second-order valence-corrected chi connectivity index (χ2v) is 3.66. The third kappa shape index (κ3) is 4.16. The number of halogens is 1. The molecule has 7 heteroatoms. The Labute approximate surface area is 104 Å². The number of hydrogen-bond donors (Lipinski definition) is 1. The Bertz CT molecular complexity index is 401. The van der Waals surface area contributed by atoms with Gasteiger partial charge in [-0.25, -0.2) is 5.10 Å². The first kappa shape index (κ1) is 13.7. The van der Waals surface area contributed by atoms with Crippen LogP contribution in [-0.4, -0.2) is 53.7 Å². The molecule has 0 radical (unpaired) electrons. The van der Waals surface area contributed by atoms with Crippen molar-refractivity contribution in [2.75, 3.05) is 32.7 Å². The van der Waals surface area contributed by atoms with Gasteiger partial charge >= 0.3 is 0 Å². The summed E-state index contributed by atoms with van der Waals surface area (Å²) in [5, 5.41) is 5.89. The average molecular weight is 260 g/mol. The van der Waals surface area contributed by atoms with Gasteiger partial charge < -0.3 is 9.64 Å². The van der Waals surface area contributed by atoms with Crippen LogP contribution in [0.25, 0.3) is 0 Å². The van der Waals surface area contributed by atoms with Crippen LogP contribution in [0.4, 0.5) is 0 Å². The minimum absolute atomic E-state index is 0.186. The first-order valence-corrected chi connectivity index (χ1v) is 5.62. The first-order chi connectivity index (χ1) is 8.19. The van der Waals surface area contributed by atoms with Gasteiger partial charge in [0.25, 0.3) is 11.5 Å². The third-order valence-corrected chi connectivity index (χ3v) is 2.27. The van der Waals surface area contributed by atoms with E-state index in [1.165, 1.54) is 17.0 Å². The summed E-state index contributed by atoms with van der Waals surface area (Å²) in [5.74, 6) is 0.0534. The molecule has 17 heavy (non-hydrogen) atoms. The Hall–Kier alpha value is -1.40. The lowest BCUT2D eigenvalue weighted by molar-refractivity contribution is 0.0701. The number of hydrogen-bond acceptors (Lipinski definition) is 4. The minimum Gasteiger partial charge on any atom is -0.383 e. The van der Waals surface area contributed by atoms with E-state index in [2.05, 4.69) is 10.2 Å². The highest BCUT2D eigenvalue weighted by atomic mass is 35.5. The highest BCUT2D eigenvalue weighted by Gasteiger charge is 2.16. The number of rotatable bonds is 6. The Morgan fingerprint density at radius 1 is 1.53 bits per heavy atom. The molecule has 94 valence electrons. The minimum atomic E-state index is -0.345. The van der Waals surface area contributed by atoms with Gasteiger partial charge in [-0.3, -0.25) is 9.59 Å². The van der Waals surface area contributed by atoms with E-state index in [1.54, 1.807) is 7.11 Å². The Balaban J connectivity index is 2.75. The van der Waals surface area contributed by atoms with Crippen molar-refractivity contribution in [2.45, 2.75) is 0 Å². The van der Waals surface area contributed by atoms with Crippen molar-refractivity contribution >= 4 is 17.5 Å². The molecule has 0 aromatic carbocycles. The number of H-pyrrole nitrogens is 1. The normalized spacial score (nSPS) is 10.2. The third-order valence-electron chi connectivity index (χ3n) is 2.11. The summed E-state index contributed by atoms with van der Waals surface area (Å²) in [7, 11) is 1.56. The molecule has 0 spiro atoms. The molecular weight excluding hydrogens is 246 g/mol. The van der Waals surface area contributed by atoms with Gasteiger partial charge in [0.05, 0.1) is 6.61 Å². The molecule has 0 aliphatic rings. The predicted molar refractivity (Wildman–Crippen MR) is 63.4 cm³/mol. The maximum atomic E-state index is 12.0. The summed E-state index contributed by atoms with van der Waals surface area (Å²) in [5.41, 5.74) is -0.159. The number of alkyl halides is 1. The zero-order valence-corrected chi connectivity index (χ0v) is 10.2. The fourth-order valence-electron chi connectivity index (χ4n) is 1.24. The molecule has 1 aromatic rings. The molecule has 1 N–H and O–H groups in total. The number of ether oxygens (including phenoxy) is 1. The van der Waals surface area contributed by atoms with Crippen molar-refractivity contribution in [3.05, 3.63) is 28.2 Å². The van der Waals surface area contributed by atoms with Gasteiger partial charge in [-0.15, -0.1) is 11.6 Å². The second kappa shape index (κ2) is 7.03. The van der Waals surface area contributed by atoms with Gasteiger partial charge in [0.1, 0.15) is 5.69 Å². The number of nitrogens with zero attached hydrogens (tertiary/aromatic N) is 2. The molecule has 0 bridgehead atoms. The number of carbonyl (C=O) groups excluding carboxylic acids is 1. The van der Waals surface area contributed by atoms with E-state index < -0.39 is 0 Å². The molecule has 0 atom stereocenters. The predicted octanol–water partition coefficient (Wildman–Crippen LogP) is 0.0973. The molecule has 1 heterocycles. The second-order valence-electron chi connectivity index (χ2n) is 3.28.